The van der Waals surface area contributed by atoms with Crippen molar-refractivity contribution in [2.75, 3.05) is 59.8 Å². The van der Waals surface area contributed by atoms with E-state index in [9.17, 15) is 50.8 Å². The first-order valence-electron chi connectivity index (χ1n) is 19.8. The lowest BCUT2D eigenvalue weighted by atomic mass is 10.0. The number of nitrogens with zero attached hydrogens (tertiary/aromatic N) is 6. The molecule has 330 valence electrons. The van der Waals surface area contributed by atoms with Crippen molar-refractivity contribution in [3.05, 3.63) is 71.5 Å². The number of ether oxygens (including phenoxy) is 1. The van der Waals surface area contributed by atoms with Crippen LogP contribution >= 0.6 is 12.6 Å². The number of piperazine rings is 1. The summed E-state index contributed by atoms with van der Waals surface area (Å²) in [5.41, 5.74) is -2.46. The zero-order valence-corrected chi connectivity index (χ0v) is 34.4. The van der Waals surface area contributed by atoms with E-state index >= 15 is 0 Å². The molecule has 3 atom stereocenters. The SMILES string of the molecule is CC1(C)C(=O)N(c2cnc(C#N)c(C(F)(F)F)c2)[C@@H](S)N1c1ccc(OCCN2CCN(CC(=O)Nc3cccc(NC4CCC(=O)NC4=O)c3)[C@H](C(F)(F)F)C2)c(C2CC2)c1. The smallest absolute Gasteiger partial charge is 0.419 e. The van der Waals surface area contributed by atoms with E-state index in [1.165, 1.54) is 6.07 Å². The van der Waals surface area contributed by atoms with Gasteiger partial charge in [0.25, 0.3) is 5.91 Å². The highest BCUT2D eigenvalue weighted by molar-refractivity contribution is 7.81. The Morgan fingerprint density at radius 3 is 2.44 bits per heavy atom. The first-order chi connectivity index (χ1) is 29.2. The molecule has 3 N–H and O–H groups in total. The Kier molecular flexibility index (Phi) is 12.4. The number of hydrogen-bond donors (Lipinski definition) is 4. The van der Waals surface area contributed by atoms with E-state index in [1.54, 1.807) is 60.0 Å². The van der Waals surface area contributed by atoms with Gasteiger partial charge < -0.3 is 20.3 Å². The topological polar surface area (TPSA) is 163 Å². The molecule has 1 aromatic heterocycles. The van der Waals surface area contributed by atoms with E-state index in [0.29, 0.717) is 28.9 Å². The molecule has 4 aliphatic rings. The van der Waals surface area contributed by atoms with Gasteiger partial charge in [0.1, 0.15) is 36.0 Å². The fraction of sp³-hybridized carbons (Fsp3) is 0.463. The molecule has 4 heterocycles. The second-order valence-electron chi connectivity index (χ2n) is 16.1. The summed E-state index contributed by atoms with van der Waals surface area (Å²) in [5.74, 6) is -1.40. The standard InChI is InChI=1S/C41H43F6N9O5S/c1-39(2)37(60)55(27-18-29(40(42,43)44)31(19-48)49-20-27)38(62)56(39)26-8-10-32(28(17-26)23-6-7-23)61-15-14-53-12-13-54(33(21-53)41(45,46)47)22-35(58)51-25-5-3-4-24(16-25)50-30-9-11-34(57)52-36(30)59/h3-5,8,10,16-18,20,23,30,33,38,50,62H,6-7,9,11-15,21-22H2,1-2H3,(H,51,58)(H,52,57,59)/t30?,33-,38+/m0/s1. The first-order valence-corrected chi connectivity index (χ1v) is 20.3. The summed E-state index contributed by atoms with van der Waals surface area (Å²) in [5, 5.41) is 17.1. The monoisotopic (exact) mass is 887 g/mol. The molecule has 4 fully saturated rings. The van der Waals surface area contributed by atoms with Gasteiger partial charge in [0.15, 0.2) is 11.2 Å². The van der Waals surface area contributed by atoms with Crippen molar-refractivity contribution in [3.63, 3.8) is 0 Å². The third-order valence-electron chi connectivity index (χ3n) is 11.3. The highest BCUT2D eigenvalue weighted by Crippen LogP contribution is 2.48. The third-order valence-corrected chi connectivity index (χ3v) is 11.8. The minimum Gasteiger partial charge on any atom is -0.492 e. The van der Waals surface area contributed by atoms with E-state index in [2.05, 4.69) is 33.6 Å². The Balaban J connectivity index is 0.969. The van der Waals surface area contributed by atoms with Crippen LogP contribution < -0.4 is 30.5 Å². The van der Waals surface area contributed by atoms with Crippen molar-refractivity contribution < 1.29 is 50.3 Å². The number of thiol groups is 1. The van der Waals surface area contributed by atoms with Gasteiger partial charge in [0.2, 0.25) is 17.7 Å². The number of aromatic nitrogens is 1. The maximum absolute atomic E-state index is 14.4. The number of amides is 4. The van der Waals surface area contributed by atoms with Crippen LogP contribution in [-0.4, -0.2) is 107 Å². The minimum atomic E-state index is -4.89. The van der Waals surface area contributed by atoms with E-state index < -0.39 is 77.5 Å². The highest BCUT2D eigenvalue weighted by Gasteiger charge is 2.52. The average Bonchev–Trinajstić information content (AvgIpc) is 4.03. The van der Waals surface area contributed by atoms with Gasteiger partial charge in [0.05, 0.1) is 24.0 Å². The van der Waals surface area contributed by atoms with E-state index in [1.807, 2.05) is 6.07 Å². The molecule has 1 unspecified atom stereocenters. The normalized spacial score (nSPS) is 22.3. The largest absolute Gasteiger partial charge is 0.492 e. The summed E-state index contributed by atoms with van der Waals surface area (Å²) in [6.07, 6.45) is -6.34. The Hall–Kier alpha value is -5.59. The maximum Gasteiger partial charge on any atom is 0.419 e. The molecule has 62 heavy (non-hydrogen) atoms. The summed E-state index contributed by atoms with van der Waals surface area (Å²) in [7, 11) is 0. The number of alkyl halides is 6. The highest BCUT2D eigenvalue weighted by atomic mass is 32.1. The number of carbonyl (C=O) groups excluding carboxylic acids is 4. The van der Waals surface area contributed by atoms with Crippen molar-refractivity contribution in [2.45, 2.75) is 80.9 Å². The molecule has 1 aliphatic carbocycles. The van der Waals surface area contributed by atoms with Crippen molar-refractivity contribution in [2.24, 2.45) is 0 Å². The molecule has 4 amide bonds. The summed E-state index contributed by atoms with van der Waals surface area (Å²) in [6.45, 7) is 2.73. The van der Waals surface area contributed by atoms with Crippen LogP contribution in [0.3, 0.4) is 0 Å². The summed E-state index contributed by atoms with van der Waals surface area (Å²) >= 11 is 4.67. The van der Waals surface area contributed by atoms with Gasteiger partial charge in [-0.05, 0) is 87.1 Å². The van der Waals surface area contributed by atoms with Crippen LogP contribution in [0.4, 0.5) is 49.1 Å². The Labute approximate surface area is 357 Å². The number of imide groups is 1. The number of nitriles is 1. The van der Waals surface area contributed by atoms with Crippen molar-refractivity contribution in [1.82, 2.24) is 20.1 Å². The quantitative estimate of drug-likeness (QED) is 0.104. The van der Waals surface area contributed by atoms with E-state index in [4.69, 9.17) is 4.74 Å². The minimum absolute atomic E-state index is 0.0426. The molecule has 0 spiro atoms. The number of carbonyl (C=O) groups is 4. The fourth-order valence-electron chi connectivity index (χ4n) is 8.00. The lowest BCUT2D eigenvalue weighted by Crippen LogP contribution is -2.60. The number of anilines is 4. The lowest BCUT2D eigenvalue weighted by Gasteiger charge is -2.41. The number of pyridine rings is 1. The fourth-order valence-corrected chi connectivity index (χ4v) is 8.66. The molecule has 3 aromatic rings. The van der Waals surface area contributed by atoms with Crippen LogP contribution in [0.5, 0.6) is 5.75 Å². The number of benzene rings is 2. The Bertz CT molecular complexity index is 2280. The van der Waals surface area contributed by atoms with E-state index in [-0.39, 0.29) is 56.6 Å². The van der Waals surface area contributed by atoms with Crippen LogP contribution in [-0.2, 0) is 25.4 Å². The summed E-state index contributed by atoms with van der Waals surface area (Å²) in [4.78, 5) is 59.5. The Morgan fingerprint density at radius 1 is 1.02 bits per heavy atom. The number of rotatable bonds is 12. The maximum atomic E-state index is 14.4. The third kappa shape index (κ3) is 9.56. The van der Waals surface area contributed by atoms with Crippen LogP contribution in [0.1, 0.15) is 62.3 Å². The van der Waals surface area contributed by atoms with Gasteiger partial charge in [-0.2, -0.15) is 31.6 Å². The number of piperidine rings is 1. The number of nitrogens with one attached hydrogen (secondary N) is 3. The van der Waals surface area contributed by atoms with Crippen LogP contribution in [0.2, 0.25) is 0 Å². The predicted molar refractivity (Wildman–Crippen MR) is 217 cm³/mol. The zero-order chi connectivity index (χ0) is 44.7. The molecular weight excluding hydrogens is 845 g/mol. The molecule has 21 heteroatoms. The Morgan fingerprint density at radius 2 is 1.76 bits per heavy atom. The molecule has 14 nitrogen and oxygen atoms in total. The summed E-state index contributed by atoms with van der Waals surface area (Å²) in [6, 6.07) is 11.2. The van der Waals surface area contributed by atoms with Crippen molar-refractivity contribution in [3.8, 4) is 11.8 Å². The molecular formula is C41H43F6N9O5S. The first kappa shape index (κ1) is 44.5. The molecule has 3 aliphatic heterocycles. The van der Waals surface area contributed by atoms with Gasteiger partial charge in [0, 0.05) is 49.7 Å². The zero-order valence-electron chi connectivity index (χ0n) is 33.5. The van der Waals surface area contributed by atoms with Gasteiger partial charge >= 0.3 is 12.4 Å². The van der Waals surface area contributed by atoms with Gasteiger partial charge in [-0.3, -0.25) is 39.2 Å². The molecule has 0 radical (unpaired) electrons. The number of hydrogen-bond acceptors (Lipinski definition) is 12. The summed E-state index contributed by atoms with van der Waals surface area (Å²) < 4.78 is 90.8. The predicted octanol–water partition coefficient (Wildman–Crippen LogP) is 5.48. The van der Waals surface area contributed by atoms with E-state index in [0.717, 1.165) is 34.4 Å². The van der Waals surface area contributed by atoms with Crippen LogP contribution in [0.25, 0.3) is 0 Å². The molecule has 2 aromatic carbocycles. The van der Waals surface area contributed by atoms with Gasteiger partial charge in [-0.1, -0.05) is 6.07 Å². The molecule has 7 rings (SSSR count). The molecule has 0 bridgehead atoms. The lowest BCUT2D eigenvalue weighted by molar-refractivity contribution is -0.197. The average molecular weight is 888 g/mol. The van der Waals surface area contributed by atoms with Crippen molar-refractivity contribution in [1.29, 1.82) is 5.26 Å². The molecule has 3 saturated heterocycles. The second kappa shape index (κ2) is 17.3. The second-order valence-corrected chi connectivity index (χ2v) is 16.6. The van der Waals surface area contributed by atoms with Gasteiger partial charge in [-0.15, -0.1) is 12.6 Å². The molecule has 1 saturated carbocycles. The van der Waals surface area contributed by atoms with Crippen LogP contribution in [0.15, 0.2) is 54.7 Å². The van der Waals surface area contributed by atoms with Crippen LogP contribution in [0, 0.1) is 11.3 Å². The van der Waals surface area contributed by atoms with Crippen molar-refractivity contribution >= 4 is 59.0 Å². The number of halogens is 6. The van der Waals surface area contributed by atoms with Gasteiger partial charge in [-0.25, -0.2) is 4.98 Å².